The predicted molar refractivity (Wildman–Crippen MR) is 97.4 cm³/mol. The third kappa shape index (κ3) is 3.04. The Morgan fingerprint density at radius 3 is 2.23 bits per heavy atom. The van der Waals surface area contributed by atoms with Crippen molar-refractivity contribution in [2.24, 2.45) is 0 Å². The van der Waals surface area contributed by atoms with E-state index in [1.807, 2.05) is 54.6 Å². The molecule has 2 atom stereocenters. The number of carbonyl (C=O) groups excluding carboxylic acids is 2. The highest BCUT2D eigenvalue weighted by molar-refractivity contribution is 5.98. The quantitative estimate of drug-likeness (QED) is 0.602. The van der Waals surface area contributed by atoms with Gasteiger partial charge in [-0.2, -0.15) is 5.26 Å². The van der Waals surface area contributed by atoms with Crippen LogP contribution in [0.5, 0.6) is 0 Å². The molecule has 0 aliphatic carbocycles. The molecule has 0 spiro atoms. The van der Waals surface area contributed by atoms with E-state index >= 15 is 0 Å². The fraction of sp³-hybridized carbons (Fsp3) is 0.227. The van der Waals surface area contributed by atoms with Gasteiger partial charge in [-0.25, -0.2) is 4.79 Å². The molecular weight excluding hydrogens is 326 g/mol. The molecule has 4 nitrogen and oxygen atoms in total. The average Bonchev–Trinajstić information content (AvgIpc) is 2.89. The van der Waals surface area contributed by atoms with Gasteiger partial charge in [-0.1, -0.05) is 60.7 Å². The smallest absolute Gasteiger partial charge is 0.349 e. The molecule has 2 aromatic rings. The number of Topliss-reactive ketones (excluding diaryl/α,β-unsaturated/α-hetero) is 1. The molecule has 0 saturated carbocycles. The molecule has 0 saturated heterocycles. The van der Waals surface area contributed by atoms with Gasteiger partial charge in [-0.05, 0) is 25.0 Å². The molecule has 0 radical (unpaired) electrons. The highest BCUT2D eigenvalue weighted by Crippen LogP contribution is 2.45. The number of cyclic esters (lactones) is 1. The lowest BCUT2D eigenvalue weighted by molar-refractivity contribution is -0.147. The van der Waals surface area contributed by atoms with Crippen molar-refractivity contribution in [3.8, 4) is 6.07 Å². The Hall–Kier alpha value is -3.19. The summed E-state index contributed by atoms with van der Waals surface area (Å²) in [6, 6.07) is 20.5. The number of hydrogen-bond donors (Lipinski definition) is 0. The van der Waals surface area contributed by atoms with Crippen molar-refractivity contribution >= 4 is 11.8 Å². The first-order valence-corrected chi connectivity index (χ1v) is 8.45. The van der Waals surface area contributed by atoms with Crippen LogP contribution in [-0.2, 0) is 9.53 Å². The molecule has 0 amide bonds. The zero-order chi connectivity index (χ0) is 18.7. The van der Waals surface area contributed by atoms with Gasteiger partial charge in [0, 0.05) is 17.9 Å². The number of carbonyl (C=O) groups is 2. The van der Waals surface area contributed by atoms with E-state index in [2.05, 4.69) is 0 Å². The predicted octanol–water partition coefficient (Wildman–Crippen LogP) is 4.20. The Bertz CT molecular complexity index is 909. The molecule has 0 N–H and O–H groups in total. The van der Waals surface area contributed by atoms with Gasteiger partial charge in [0.25, 0.3) is 0 Å². The van der Waals surface area contributed by atoms with Crippen LogP contribution < -0.4 is 0 Å². The van der Waals surface area contributed by atoms with Crippen molar-refractivity contribution in [1.82, 2.24) is 0 Å². The number of esters is 1. The number of rotatable bonds is 5. The van der Waals surface area contributed by atoms with E-state index in [1.165, 1.54) is 0 Å². The Labute approximate surface area is 152 Å². The van der Waals surface area contributed by atoms with Crippen molar-refractivity contribution in [2.75, 3.05) is 0 Å². The zero-order valence-corrected chi connectivity index (χ0v) is 14.7. The van der Waals surface area contributed by atoms with E-state index in [-0.39, 0.29) is 23.7 Å². The molecule has 26 heavy (non-hydrogen) atoms. The van der Waals surface area contributed by atoms with Crippen molar-refractivity contribution < 1.29 is 14.3 Å². The van der Waals surface area contributed by atoms with E-state index < -0.39 is 11.6 Å². The number of nitrogens with zero attached hydrogens (tertiary/aromatic N) is 1. The molecule has 0 aromatic heterocycles. The molecule has 3 rings (SSSR count). The van der Waals surface area contributed by atoms with E-state index in [0.29, 0.717) is 11.1 Å². The maximum atomic E-state index is 12.8. The number of hydrogen-bond acceptors (Lipinski definition) is 4. The number of benzene rings is 2. The number of ketones is 1. The first-order valence-electron chi connectivity index (χ1n) is 8.45. The second kappa shape index (κ2) is 6.97. The summed E-state index contributed by atoms with van der Waals surface area (Å²) < 4.78 is 5.63. The summed E-state index contributed by atoms with van der Waals surface area (Å²) in [7, 11) is 0. The Kier molecular flexibility index (Phi) is 4.73. The highest BCUT2D eigenvalue weighted by Gasteiger charge is 2.48. The third-order valence-electron chi connectivity index (χ3n) is 5.09. The van der Waals surface area contributed by atoms with E-state index in [0.717, 1.165) is 5.56 Å². The lowest BCUT2D eigenvalue weighted by atomic mass is 9.75. The van der Waals surface area contributed by atoms with Gasteiger partial charge in [0.05, 0.1) is 0 Å². The van der Waals surface area contributed by atoms with Gasteiger partial charge in [-0.3, -0.25) is 4.79 Å². The summed E-state index contributed by atoms with van der Waals surface area (Å²) in [4.78, 5) is 25.0. The van der Waals surface area contributed by atoms with Gasteiger partial charge >= 0.3 is 5.97 Å². The van der Waals surface area contributed by atoms with Crippen LogP contribution in [0.15, 0.2) is 71.8 Å². The molecule has 1 aliphatic heterocycles. The molecule has 1 heterocycles. The standard InChI is InChI=1S/C22H19NO3/c1-15-18(14-23)21(25)26-22(15,2)19(16-9-5-3-6-10-16)13-20(24)17-11-7-4-8-12-17/h3-12,19H,13H2,1-2H3. The SMILES string of the molecule is CC1=C(C#N)C(=O)OC1(C)C(CC(=O)c1ccccc1)c1ccccc1. The Balaban J connectivity index is 2.03. The average molecular weight is 345 g/mol. The van der Waals surface area contributed by atoms with Gasteiger partial charge in [-0.15, -0.1) is 0 Å². The molecule has 2 unspecified atom stereocenters. The fourth-order valence-corrected chi connectivity index (χ4v) is 3.43. The monoisotopic (exact) mass is 345 g/mol. The van der Waals surface area contributed by atoms with Crippen LogP contribution in [0, 0.1) is 11.3 Å². The van der Waals surface area contributed by atoms with Gasteiger partial charge in [0.15, 0.2) is 5.78 Å². The maximum Gasteiger partial charge on any atom is 0.349 e. The first kappa shape index (κ1) is 17.6. The third-order valence-corrected chi connectivity index (χ3v) is 5.09. The molecule has 0 bridgehead atoms. The summed E-state index contributed by atoms with van der Waals surface area (Å²) in [6.07, 6.45) is 0.174. The second-order valence-corrected chi connectivity index (χ2v) is 6.56. The van der Waals surface area contributed by atoms with Crippen LogP contribution >= 0.6 is 0 Å². The maximum absolute atomic E-state index is 12.8. The van der Waals surface area contributed by atoms with Crippen LogP contribution in [-0.4, -0.2) is 17.4 Å². The minimum absolute atomic E-state index is 0.0283. The van der Waals surface area contributed by atoms with Crippen LogP contribution in [0.2, 0.25) is 0 Å². The van der Waals surface area contributed by atoms with Crippen molar-refractivity contribution in [3.05, 3.63) is 82.9 Å². The topological polar surface area (TPSA) is 67.2 Å². The fourth-order valence-electron chi connectivity index (χ4n) is 3.43. The highest BCUT2D eigenvalue weighted by atomic mass is 16.6. The molecule has 4 heteroatoms. The summed E-state index contributed by atoms with van der Waals surface area (Å²) >= 11 is 0. The molecule has 2 aromatic carbocycles. The lowest BCUT2D eigenvalue weighted by Gasteiger charge is -2.34. The normalized spacial score (nSPS) is 20.4. The molecule has 130 valence electrons. The second-order valence-electron chi connectivity index (χ2n) is 6.56. The van der Waals surface area contributed by atoms with E-state index in [1.54, 1.807) is 26.0 Å². The Morgan fingerprint density at radius 1 is 1.12 bits per heavy atom. The largest absolute Gasteiger partial charge is 0.450 e. The van der Waals surface area contributed by atoms with Crippen LogP contribution in [0.3, 0.4) is 0 Å². The molecular formula is C22H19NO3. The minimum Gasteiger partial charge on any atom is -0.450 e. The van der Waals surface area contributed by atoms with E-state index in [4.69, 9.17) is 4.74 Å². The zero-order valence-electron chi connectivity index (χ0n) is 14.7. The summed E-state index contributed by atoms with van der Waals surface area (Å²) in [5, 5.41) is 9.28. The number of nitriles is 1. The Morgan fingerprint density at radius 2 is 1.69 bits per heavy atom. The van der Waals surface area contributed by atoms with Gasteiger partial charge < -0.3 is 4.74 Å². The molecule has 0 fully saturated rings. The summed E-state index contributed by atoms with van der Waals surface area (Å²) in [5.41, 5.74) is 1.07. The summed E-state index contributed by atoms with van der Waals surface area (Å²) in [6.45, 7) is 3.51. The number of ether oxygens (including phenoxy) is 1. The van der Waals surface area contributed by atoms with Crippen LogP contribution in [0.1, 0.15) is 42.1 Å². The minimum atomic E-state index is -1.03. The first-order chi connectivity index (χ1) is 12.5. The van der Waals surface area contributed by atoms with Crippen molar-refractivity contribution in [3.63, 3.8) is 0 Å². The van der Waals surface area contributed by atoms with Gasteiger partial charge in [0.2, 0.25) is 0 Å². The van der Waals surface area contributed by atoms with Crippen LogP contribution in [0.25, 0.3) is 0 Å². The van der Waals surface area contributed by atoms with Crippen LogP contribution in [0.4, 0.5) is 0 Å². The van der Waals surface area contributed by atoms with Crippen molar-refractivity contribution in [1.29, 1.82) is 5.26 Å². The summed E-state index contributed by atoms with van der Waals surface area (Å²) in [5.74, 6) is -1.04. The molecule has 1 aliphatic rings. The van der Waals surface area contributed by atoms with E-state index in [9.17, 15) is 14.9 Å². The van der Waals surface area contributed by atoms with Crippen molar-refractivity contribution in [2.45, 2.75) is 31.8 Å². The van der Waals surface area contributed by atoms with Gasteiger partial charge in [0.1, 0.15) is 17.2 Å². The lowest BCUT2D eigenvalue weighted by Crippen LogP contribution is -2.36.